The molecule has 2 aromatic rings. The number of fused-ring (bicyclic) bond motifs is 1. The highest BCUT2D eigenvalue weighted by Crippen LogP contribution is 2.44. The SMILES string of the molecule is COc1ccc(NC(=O)CN2C(=O)/C(=C3/SC(=S)N(CCS(=O)(=O)[O-])C3=O)c3ccccc32)cc1. The van der Waals surface area contributed by atoms with E-state index in [-0.39, 0.29) is 21.3 Å². The molecule has 2 aliphatic heterocycles. The molecule has 2 aromatic carbocycles. The number of benzene rings is 2. The maximum absolute atomic E-state index is 13.4. The van der Waals surface area contributed by atoms with Crippen molar-refractivity contribution in [2.24, 2.45) is 0 Å². The molecular weight excluding hydrogens is 514 g/mol. The molecule has 0 radical (unpaired) electrons. The van der Waals surface area contributed by atoms with Crippen molar-refractivity contribution in [3.8, 4) is 5.75 Å². The van der Waals surface area contributed by atoms with Gasteiger partial charge in [0.25, 0.3) is 11.8 Å². The van der Waals surface area contributed by atoms with Crippen LogP contribution in [-0.2, 0) is 24.5 Å². The van der Waals surface area contributed by atoms with Crippen LogP contribution in [0, 0.1) is 0 Å². The largest absolute Gasteiger partial charge is 0.748 e. The summed E-state index contributed by atoms with van der Waals surface area (Å²) in [6, 6.07) is 13.4. The highest BCUT2D eigenvalue weighted by atomic mass is 32.2. The third-order valence-electron chi connectivity index (χ3n) is 5.24. The zero-order valence-corrected chi connectivity index (χ0v) is 20.7. The number of nitrogens with zero attached hydrogens (tertiary/aromatic N) is 2. The number of carbonyl (C=O) groups excluding carboxylic acids is 3. The Morgan fingerprint density at radius 2 is 1.77 bits per heavy atom. The number of carbonyl (C=O) groups is 3. The van der Waals surface area contributed by atoms with E-state index >= 15 is 0 Å². The fraction of sp³-hybridized carbons (Fsp3) is 0.182. The molecule has 0 atom stereocenters. The minimum absolute atomic E-state index is 0.0220. The molecule has 0 bridgehead atoms. The van der Waals surface area contributed by atoms with Crippen molar-refractivity contribution in [1.29, 1.82) is 0 Å². The van der Waals surface area contributed by atoms with Gasteiger partial charge in [0, 0.05) is 17.8 Å². The number of hydrogen-bond donors (Lipinski definition) is 1. The number of rotatable bonds is 7. The van der Waals surface area contributed by atoms with Gasteiger partial charge in [-0.1, -0.05) is 42.2 Å². The Labute approximate surface area is 210 Å². The van der Waals surface area contributed by atoms with Crippen molar-refractivity contribution < 1.29 is 32.1 Å². The van der Waals surface area contributed by atoms with Crippen molar-refractivity contribution in [3.63, 3.8) is 0 Å². The van der Waals surface area contributed by atoms with Crippen LogP contribution in [0.3, 0.4) is 0 Å². The van der Waals surface area contributed by atoms with Gasteiger partial charge in [-0.25, -0.2) is 8.42 Å². The van der Waals surface area contributed by atoms with E-state index < -0.39 is 40.1 Å². The van der Waals surface area contributed by atoms with Crippen LogP contribution >= 0.6 is 24.0 Å². The lowest BCUT2D eigenvalue weighted by Crippen LogP contribution is -2.36. The van der Waals surface area contributed by atoms with Crippen LogP contribution in [0.5, 0.6) is 5.75 Å². The molecule has 2 heterocycles. The number of thioether (sulfide) groups is 1. The highest BCUT2D eigenvalue weighted by molar-refractivity contribution is 8.26. The molecule has 0 aliphatic carbocycles. The van der Waals surface area contributed by atoms with Crippen molar-refractivity contribution in [2.75, 3.05) is 36.2 Å². The maximum atomic E-state index is 13.4. The number of thiocarbonyl (C=S) groups is 1. The molecule has 1 saturated heterocycles. The number of para-hydroxylation sites is 1. The number of methoxy groups -OCH3 is 1. The summed E-state index contributed by atoms with van der Waals surface area (Å²) in [5, 5.41) is 2.72. The van der Waals surface area contributed by atoms with E-state index in [1.54, 1.807) is 48.5 Å². The van der Waals surface area contributed by atoms with Gasteiger partial charge in [-0.2, -0.15) is 0 Å². The van der Waals surface area contributed by atoms with Gasteiger partial charge in [-0.05, 0) is 30.3 Å². The monoisotopic (exact) mass is 532 g/mol. The van der Waals surface area contributed by atoms with Crippen LogP contribution < -0.4 is 15.0 Å². The average molecular weight is 533 g/mol. The first kappa shape index (κ1) is 24.9. The summed E-state index contributed by atoms with van der Waals surface area (Å²) in [5.74, 6) is -1.85. The minimum Gasteiger partial charge on any atom is -0.748 e. The van der Waals surface area contributed by atoms with Crippen LogP contribution in [0.15, 0.2) is 53.4 Å². The van der Waals surface area contributed by atoms with Gasteiger partial charge in [0.05, 0.1) is 39.1 Å². The van der Waals surface area contributed by atoms with E-state index in [9.17, 15) is 27.4 Å². The standard InChI is InChI=1S/C22H19N3O7S3/c1-32-14-8-6-13(7-9-14)23-17(26)12-25-16-5-3-2-4-15(16)18(20(25)27)19-21(28)24(22(33)34-19)10-11-35(29,30)31/h2-9H,10-12H2,1H3,(H,23,26)(H,29,30,31)/p-1/b19-18+. The summed E-state index contributed by atoms with van der Waals surface area (Å²) in [6.45, 7) is -0.711. The molecule has 2 aliphatic rings. The second-order valence-corrected chi connectivity index (χ2v) is 10.6. The minimum atomic E-state index is -4.56. The molecule has 182 valence electrons. The van der Waals surface area contributed by atoms with Crippen LogP contribution in [0.4, 0.5) is 11.4 Å². The van der Waals surface area contributed by atoms with Gasteiger partial charge in [0.15, 0.2) is 0 Å². The fourth-order valence-corrected chi connectivity index (χ4v) is 5.41. The van der Waals surface area contributed by atoms with Crippen LogP contribution in [0.2, 0.25) is 0 Å². The summed E-state index contributed by atoms with van der Waals surface area (Å²) >= 11 is 6.04. The molecule has 0 aromatic heterocycles. The van der Waals surface area contributed by atoms with Crippen LogP contribution in [0.25, 0.3) is 5.57 Å². The lowest BCUT2D eigenvalue weighted by molar-refractivity contribution is -0.122. The number of nitrogens with one attached hydrogen (secondary N) is 1. The Morgan fingerprint density at radius 1 is 1.09 bits per heavy atom. The van der Waals surface area contributed by atoms with E-state index in [2.05, 4.69) is 5.32 Å². The van der Waals surface area contributed by atoms with Gasteiger partial charge in [-0.3, -0.25) is 24.2 Å². The Hall–Kier alpha value is -3.26. The predicted octanol–water partition coefficient (Wildman–Crippen LogP) is 1.80. The summed E-state index contributed by atoms with van der Waals surface area (Å²) in [7, 11) is -3.03. The number of hydrogen-bond acceptors (Lipinski definition) is 9. The molecule has 13 heteroatoms. The molecule has 0 saturated carbocycles. The smallest absolute Gasteiger partial charge is 0.267 e. The summed E-state index contributed by atoms with van der Waals surface area (Å²) in [5.41, 5.74) is 1.49. The van der Waals surface area contributed by atoms with Crippen molar-refractivity contribution in [2.45, 2.75) is 0 Å². The van der Waals surface area contributed by atoms with Gasteiger partial charge >= 0.3 is 0 Å². The van der Waals surface area contributed by atoms with Gasteiger partial charge in [-0.15, -0.1) is 0 Å². The first-order chi connectivity index (χ1) is 16.6. The highest BCUT2D eigenvalue weighted by Gasteiger charge is 2.42. The molecule has 0 spiro atoms. The zero-order chi connectivity index (χ0) is 25.3. The van der Waals surface area contributed by atoms with E-state index in [1.807, 2.05) is 0 Å². The van der Waals surface area contributed by atoms with Gasteiger partial charge in [0.1, 0.15) is 16.6 Å². The number of anilines is 2. The molecular formula is C22H18N3O7S3-. The Kier molecular flexibility index (Phi) is 6.94. The Morgan fingerprint density at radius 3 is 2.43 bits per heavy atom. The van der Waals surface area contributed by atoms with Crippen LogP contribution in [0.1, 0.15) is 5.56 Å². The predicted molar refractivity (Wildman–Crippen MR) is 134 cm³/mol. The first-order valence-electron chi connectivity index (χ1n) is 10.2. The molecule has 1 N–H and O–H groups in total. The fourth-order valence-electron chi connectivity index (χ4n) is 3.62. The molecule has 35 heavy (non-hydrogen) atoms. The van der Waals surface area contributed by atoms with E-state index in [0.29, 0.717) is 22.7 Å². The van der Waals surface area contributed by atoms with E-state index in [4.69, 9.17) is 17.0 Å². The normalized spacial score (nSPS) is 17.7. The molecule has 0 unspecified atom stereocenters. The van der Waals surface area contributed by atoms with E-state index in [1.165, 1.54) is 12.0 Å². The second kappa shape index (κ2) is 9.77. The van der Waals surface area contributed by atoms with Gasteiger partial charge in [0.2, 0.25) is 5.91 Å². The third kappa shape index (κ3) is 5.22. The van der Waals surface area contributed by atoms with E-state index in [0.717, 1.165) is 16.7 Å². The van der Waals surface area contributed by atoms with Crippen LogP contribution in [-0.4, -0.2) is 65.9 Å². The molecule has 10 nitrogen and oxygen atoms in total. The summed E-state index contributed by atoms with van der Waals surface area (Å²) in [4.78, 5) is 41.4. The lowest BCUT2D eigenvalue weighted by atomic mass is 10.1. The van der Waals surface area contributed by atoms with Gasteiger partial charge < -0.3 is 14.6 Å². The van der Waals surface area contributed by atoms with Crippen molar-refractivity contribution in [1.82, 2.24) is 4.90 Å². The third-order valence-corrected chi connectivity index (χ3v) is 7.37. The van der Waals surface area contributed by atoms with Crippen molar-refractivity contribution in [3.05, 3.63) is 59.0 Å². The molecule has 3 amide bonds. The first-order valence-corrected chi connectivity index (χ1v) is 13.0. The summed E-state index contributed by atoms with van der Waals surface area (Å²) < 4.78 is 38.1. The second-order valence-electron chi connectivity index (χ2n) is 7.48. The number of ether oxygens (including phenoxy) is 1. The topological polar surface area (TPSA) is 136 Å². The lowest BCUT2D eigenvalue weighted by Gasteiger charge is -2.17. The quantitative estimate of drug-likeness (QED) is 0.322. The Bertz CT molecular complexity index is 1370. The Balaban J connectivity index is 1.59. The maximum Gasteiger partial charge on any atom is 0.267 e. The molecule has 1 fully saturated rings. The van der Waals surface area contributed by atoms with Crippen molar-refractivity contribution >= 4 is 73.1 Å². The summed E-state index contributed by atoms with van der Waals surface area (Å²) in [6.07, 6.45) is 0. The number of amides is 3. The average Bonchev–Trinajstić information content (AvgIpc) is 3.24. The molecule has 4 rings (SSSR count). The zero-order valence-electron chi connectivity index (χ0n) is 18.2.